The molecule has 1 amide bonds. The van der Waals surface area contributed by atoms with Crippen LogP contribution in [0.4, 0.5) is 0 Å². The normalized spacial score (nSPS) is 14.6. The fraction of sp³-hybridized carbons (Fsp3) is 0.290. The summed E-state index contributed by atoms with van der Waals surface area (Å²) in [6.07, 6.45) is 0.762. The Bertz CT molecular complexity index is 1490. The first-order valence-electron chi connectivity index (χ1n) is 13.2. The molecule has 0 saturated carbocycles. The number of methoxy groups -OCH3 is 1. The maximum atomic E-state index is 13.7. The number of ether oxygens (including phenoxy) is 3. The highest BCUT2D eigenvalue weighted by atomic mass is 35.5. The van der Waals surface area contributed by atoms with Crippen LogP contribution in [-0.4, -0.2) is 52.5 Å². The van der Waals surface area contributed by atoms with Crippen molar-refractivity contribution in [2.24, 2.45) is 0 Å². The number of aromatic hydroxyl groups is 1. The summed E-state index contributed by atoms with van der Waals surface area (Å²) in [6, 6.07) is 19.9. The number of carbonyl (C=O) groups is 1. The quantitative estimate of drug-likeness (QED) is 0.206. The van der Waals surface area contributed by atoms with Crippen LogP contribution in [0.1, 0.15) is 53.5 Å². The summed E-state index contributed by atoms with van der Waals surface area (Å²) in [7, 11) is 1.59. The van der Waals surface area contributed by atoms with Crippen LogP contribution >= 0.6 is 11.6 Å². The second-order valence-corrected chi connectivity index (χ2v) is 10.3. The second-order valence-electron chi connectivity index (χ2n) is 9.88. The molecule has 3 aromatic carbocycles. The Hall–Kier alpha value is -4.01. The van der Waals surface area contributed by atoms with Gasteiger partial charge in [0.05, 0.1) is 19.3 Å². The Morgan fingerprint density at radius 1 is 1.07 bits per heavy atom. The molecule has 0 aliphatic carbocycles. The van der Waals surface area contributed by atoms with Gasteiger partial charge in [-0.25, -0.2) is 0 Å². The topological polar surface area (TPSA) is 96.9 Å². The molecule has 1 aliphatic heterocycles. The molecule has 5 rings (SSSR count). The number of hydrogen-bond acceptors (Lipinski definition) is 6. The van der Waals surface area contributed by atoms with Crippen molar-refractivity contribution in [3.8, 4) is 28.5 Å². The maximum Gasteiger partial charge on any atom is 0.273 e. The first-order chi connectivity index (χ1) is 19.4. The van der Waals surface area contributed by atoms with Gasteiger partial charge in [0.15, 0.2) is 11.5 Å². The van der Waals surface area contributed by atoms with Gasteiger partial charge in [-0.1, -0.05) is 48.0 Å². The Morgan fingerprint density at radius 2 is 1.88 bits per heavy atom. The van der Waals surface area contributed by atoms with Gasteiger partial charge in [0.2, 0.25) is 0 Å². The highest BCUT2D eigenvalue weighted by molar-refractivity contribution is 6.31. The van der Waals surface area contributed by atoms with Crippen LogP contribution in [0, 0.1) is 0 Å². The predicted octanol–water partition coefficient (Wildman–Crippen LogP) is 6.38. The van der Waals surface area contributed by atoms with E-state index in [-0.39, 0.29) is 17.8 Å². The molecule has 2 heterocycles. The van der Waals surface area contributed by atoms with E-state index < -0.39 is 6.04 Å². The second kappa shape index (κ2) is 12.0. The average Bonchev–Trinajstić information content (AvgIpc) is 3.50. The molecule has 9 heteroatoms. The summed E-state index contributed by atoms with van der Waals surface area (Å²) in [5.74, 6) is 0.994. The van der Waals surface area contributed by atoms with Gasteiger partial charge >= 0.3 is 0 Å². The number of carbonyl (C=O) groups excluding carboxylic acids is 1. The molecule has 0 spiro atoms. The lowest BCUT2D eigenvalue weighted by atomic mass is 9.95. The van der Waals surface area contributed by atoms with Crippen LogP contribution in [-0.2, 0) is 11.3 Å². The van der Waals surface area contributed by atoms with E-state index in [1.165, 1.54) is 6.07 Å². The van der Waals surface area contributed by atoms with Crippen LogP contribution in [0.5, 0.6) is 17.2 Å². The summed E-state index contributed by atoms with van der Waals surface area (Å²) in [5, 5.41) is 18.5. The summed E-state index contributed by atoms with van der Waals surface area (Å²) < 4.78 is 17.5. The zero-order chi connectivity index (χ0) is 28.2. The SMILES string of the molecule is COc1cc(C2c3c(-c4cc(Cl)ccc4O)n[nH]c3C(=O)N2CCCOC(C)C)ccc1OCc1ccccc1. The van der Waals surface area contributed by atoms with Gasteiger partial charge < -0.3 is 24.2 Å². The van der Waals surface area contributed by atoms with Crippen molar-refractivity contribution in [1.82, 2.24) is 15.1 Å². The number of halogens is 1. The van der Waals surface area contributed by atoms with Gasteiger partial charge in [-0.05, 0) is 61.7 Å². The fourth-order valence-corrected chi connectivity index (χ4v) is 5.11. The van der Waals surface area contributed by atoms with Gasteiger partial charge in [0.25, 0.3) is 5.91 Å². The number of phenolic OH excluding ortho intramolecular Hbond substituents is 1. The summed E-state index contributed by atoms with van der Waals surface area (Å²) in [5.41, 5.74) is 3.84. The van der Waals surface area contributed by atoms with E-state index in [0.717, 1.165) is 11.1 Å². The third kappa shape index (κ3) is 5.64. The number of nitrogens with one attached hydrogen (secondary N) is 1. The highest BCUT2D eigenvalue weighted by Crippen LogP contribution is 2.46. The van der Waals surface area contributed by atoms with Crippen LogP contribution in [0.15, 0.2) is 66.7 Å². The minimum Gasteiger partial charge on any atom is -0.507 e. The molecule has 1 aliphatic rings. The number of hydrogen-bond donors (Lipinski definition) is 2. The molecule has 1 atom stereocenters. The standard InChI is InChI=1S/C31H32ClN3O5/c1-19(2)39-15-7-14-35-30(21-10-13-25(26(16-21)38-3)40-18-20-8-5-4-6-9-20)27-28(33-34-29(27)31(35)37)23-17-22(32)11-12-24(23)36/h4-6,8-13,16-17,19,30,36H,7,14-15,18H2,1-3H3,(H,33,34). The molecule has 0 radical (unpaired) electrons. The third-order valence-electron chi connectivity index (χ3n) is 6.81. The molecule has 4 aromatic rings. The number of H-pyrrole nitrogens is 1. The first-order valence-corrected chi connectivity index (χ1v) is 13.6. The van der Waals surface area contributed by atoms with Crippen LogP contribution in [0.3, 0.4) is 0 Å². The minimum absolute atomic E-state index is 0.0240. The number of aromatic amines is 1. The molecule has 8 nitrogen and oxygen atoms in total. The van der Waals surface area contributed by atoms with E-state index in [2.05, 4.69) is 10.2 Å². The monoisotopic (exact) mass is 561 g/mol. The van der Waals surface area contributed by atoms with Gasteiger partial charge in [0, 0.05) is 29.3 Å². The van der Waals surface area contributed by atoms with Crippen molar-refractivity contribution in [3.63, 3.8) is 0 Å². The molecule has 2 N–H and O–H groups in total. The van der Waals surface area contributed by atoms with Crippen LogP contribution < -0.4 is 9.47 Å². The van der Waals surface area contributed by atoms with E-state index in [1.807, 2.05) is 62.4 Å². The van der Waals surface area contributed by atoms with Gasteiger partial charge in [-0.2, -0.15) is 5.10 Å². The molecule has 40 heavy (non-hydrogen) atoms. The molecule has 0 bridgehead atoms. The Morgan fingerprint density at radius 3 is 2.62 bits per heavy atom. The smallest absolute Gasteiger partial charge is 0.273 e. The number of fused-ring (bicyclic) bond motifs is 1. The van der Waals surface area contributed by atoms with Crippen molar-refractivity contribution >= 4 is 17.5 Å². The molecule has 1 unspecified atom stereocenters. The van der Waals surface area contributed by atoms with Crippen molar-refractivity contribution < 1.29 is 24.1 Å². The lowest BCUT2D eigenvalue weighted by molar-refractivity contribution is 0.0601. The zero-order valence-corrected chi connectivity index (χ0v) is 23.4. The largest absolute Gasteiger partial charge is 0.507 e. The van der Waals surface area contributed by atoms with Gasteiger partial charge in [-0.3, -0.25) is 9.89 Å². The van der Waals surface area contributed by atoms with E-state index in [4.69, 9.17) is 25.8 Å². The molecular formula is C31H32ClN3O5. The number of amides is 1. The maximum absolute atomic E-state index is 13.7. The summed E-state index contributed by atoms with van der Waals surface area (Å²) in [4.78, 5) is 15.5. The molecule has 0 fully saturated rings. The van der Waals surface area contributed by atoms with Crippen molar-refractivity contribution in [1.29, 1.82) is 0 Å². The molecule has 0 saturated heterocycles. The lowest BCUT2D eigenvalue weighted by Gasteiger charge is -2.27. The van der Waals surface area contributed by atoms with E-state index in [9.17, 15) is 9.90 Å². The molecule has 208 valence electrons. The molecule has 1 aromatic heterocycles. The number of aromatic nitrogens is 2. The highest BCUT2D eigenvalue weighted by Gasteiger charge is 2.42. The zero-order valence-electron chi connectivity index (χ0n) is 22.7. The van der Waals surface area contributed by atoms with Crippen molar-refractivity contribution in [3.05, 3.63) is 94.1 Å². The van der Waals surface area contributed by atoms with Crippen molar-refractivity contribution in [2.45, 2.75) is 39.0 Å². The Labute approximate surface area is 238 Å². The lowest BCUT2D eigenvalue weighted by Crippen LogP contribution is -2.31. The number of benzene rings is 3. The summed E-state index contributed by atoms with van der Waals surface area (Å²) in [6.45, 7) is 5.35. The Kier molecular flexibility index (Phi) is 8.28. The number of rotatable bonds is 11. The van der Waals surface area contributed by atoms with E-state index >= 15 is 0 Å². The fourth-order valence-electron chi connectivity index (χ4n) is 4.94. The number of phenols is 1. The first kappa shape index (κ1) is 27.6. The van der Waals surface area contributed by atoms with Crippen LogP contribution in [0.25, 0.3) is 11.3 Å². The average molecular weight is 562 g/mol. The Balaban J connectivity index is 1.52. The van der Waals surface area contributed by atoms with E-state index in [0.29, 0.717) is 65.2 Å². The minimum atomic E-state index is -0.481. The van der Waals surface area contributed by atoms with Gasteiger partial charge in [0.1, 0.15) is 23.7 Å². The molecular weight excluding hydrogens is 530 g/mol. The van der Waals surface area contributed by atoms with E-state index in [1.54, 1.807) is 24.1 Å². The van der Waals surface area contributed by atoms with Crippen molar-refractivity contribution in [2.75, 3.05) is 20.3 Å². The van der Waals surface area contributed by atoms with Gasteiger partial charge in [-0.15, -0.1) is 0 Å². The summed E-state index contributed by atoms with van der Waals surface area (Å²) >= 11 is 6.27. The van der Waals surface area contributed by atoms with Crippen LogP contribution in [0.2, 0.25) is 5.02 Å². The predicted molar refractivity (Wildman–Crippen MR) is 153 cm³/mol. The number of nitrogens with zero attached hydrogens (tertiary/aromatic N) is 2. The third-order valence-corrected chi connectivity index (χ3v) is 7.05.